The predicted octanol–water partition coefficient (Wildman–Crippen LogP) is 3.29. The van der Waals surface area contributed by atoms with Crippen LogP contribution in [-0.2, 0) is 32.2 Å². The molecule has 6 nitrogen and oxygen atoms in total. The molecule has 1 aromatic rings. The van der Waals surface area contributed by atoms with Crippen LogP contribution in [0.4, 0.5) is 13.2 Å². The van der Waals surface area contributed by atoms with Crippen molar-refractivity contribution >= 4 is 27.3 Å². The highest BCUT2D eigenvalue weighted by atomic mass is 32.2. The van der Waals surface area contributed by atoms with Gasteiger partial charge in [0.1, 0.15) is 9.09 Å². The van der Waals surface area contributed by atoms with Crippen LogP contribution in [0.25, 0.3) is 0 Å². The molecule has 1 heterocycles. The standard InChI is InChI=1S/C17H26F3NO5S2/c1-11(2)10-26-14(23)7-5-6-13-8-15(27-16(13)17(18,19)20)28(24,25)21(4)9-12(3)22/h8,11-12,22H,5-7,9-10H2,1-4H3/t12-/m0/s1. The van der Waals surface area contributed by atoms with Crippen molar-refractivity contribution in [1.82, 2.24) is 4.31 Å². The number of sulfonamides is 1. The van der Waals surface area contributed by atoms with E-state index in [0.717, 1.165) is 10.4 Å². The number of likely N-dealkylation sites (N-methyl/N-ethyl adjacent to an activating group) is 1. The summed E-state index contributed by atoms with van der Waals surface area (Å²) in [5.41, 5.74) is -0.168. The fourth-order valence-electron chi connectivity index (χ4n) is 2.33. The summed E-state index contributed by atoms with van der Waals surface area (Å²) in [7, 11) is -2.96. The number of hydrogen-bond acceptors (Lipinski definition) is 6. The highest BCUT2D eigenvalue weighted by Gasteiger charge is 2.38. The van der Waals surface area contributed by atoms with Crippen molar-refractivity contribution in [3.05, 3.63) is 16.5 Å². The van der Waals surface area contributed by atoms with Crippen molar-refractivity contribution in [2.24, 2.45) is 5.92 Å². The Hall–Kier alpha value is -1.17. The van der Waals surface area contributed by atoms with Gasteiger partial charge in [0.15, 0.2) is 0 Å². The zero-order chi connectivity index (χ0) is 21.7. The number of carbonyl (C=O) groups excluding carboxylic acids is 1. The molecule has 0 spiro atoms. The van der Waals surface area contributed by atoms with Crippen LogP contribution in [0.5, 0.6) is 0 Å². The Morgan fingerprint density at radius 1 is 1.32 bits per heavy atom. The highest BCUT2D eigenvalue weighted by molar-refractivity contribution is 7.91. The lowest BCUT2D eigenvalue weighted by molar-refractivity contribution is -0.144. The maximum atomic E-state index is 13.3. The van der Waals surface area contributed by atoms with Gasteiger partial charge in [-0.05, 0) is 37.3 Å². The molecular weight excluding hydrogens is 419 g/mol. The Kier molecular flexibility index (Phi) is 8.92. The second kappa shape index (κ2) is 10.0. The van der Waals surface area contributed by atoms with E-state index in [9.17, 15) is 31.5 Å². The molecule has 162 valence electrons. The smallest absolute Gasteiger partial charge is 0.425 e. The van der Waals surface area contributed by atoms with E-state index in [0.29, 0.717) is 0 Å². The zero-order valence-electron chi connectivity index (χ0n) is 16.2. The van der Waals surface area contributed by atoms with Crippen molar-refractivity contribution in [2.75, 3.05) is 20.2 Å². The SMILES string of the molecule is CC(C)COC(=O)CCCc1cc(S(=O)(=O)N(C)C[C@H](C)O)sc1C(F)(F)F. The highest BCUT2D eigenvalue weighted by Crippen LogP contribution is 2.40. The first kappa shape index (κ1) is 24.9. The quantitative estimate of drug-likeness (QED) is 0.559. The van der Waals surface area contributed by atoms with Gasteiger partial charge in [-0.15, -0.1) is 11.3 Å². The first-order valence-corrected chi connectivity index (χ1v) is 11.0. The summed E-state index contributed by atoms with van der Waals surface area (Å²) < 4.78 is 70.3. The van der Waals surface area contributed by atoms with Crippen LogP contribution in [0, 0.1) is 5.92 Å². The van der Waals surface area contributed by atoms with Crippen molar-refractivity contribution in [3.63, 3.8) is 0 Å². The minimum atomic E-state index is -4.70. The summed E-state index contributed by atoms with van der Waals surface area (Å²) in [5.74, 6) is -0.342. The third-order valence-electron chi connectivity index (χ3n) is 3.63. The van der Waals surface area contributed by atoms with Gasteiger partial charge in [0, 0.05) is 20.0 Å². The summed E-state index contributed by atoms with van der Waals surface area (Å²) in [6.45, 7) is 5.11. The molecular formula is C17H26F3NO5S2. The number of aliphatic hydroxyl groups excluding tert-OH is 1. The van der Waals surface area contributed by atoms with Gasteiger partial charge < -0.3 is 9.84 Å². The average Bonchev–Trinajstić information content (AvgIpc) is 2.97. The molecule has 1 N–H and O–H groups in total. The van der Waals surface area contributed by atoms with Crippen LogP contribution in [-0.4, -0.2) is 50.1 Å². The van der Waals surface area contributed by atoms with E-state index in [2.05, 4.69) is 0 Å². The monoisotopic (exact) mass is 445 g/mol. The molecule has 0 unspecified atom stereocenters. The normalized spacial score (nSPS) is 13.9. The summed E-state index contributed by atoms with van der Waals surface area (Å²) in [6.07, 6.45) is -5.70. The minimum Gasteiger partial charge on any atom is -0.465 e. The van der Waals surface area contributed by atoms with Crippen LogP contribution in [0.3, 0.4) is 0 Å². The molecule has 0 radical (unpaired) electrons. The van der Waals surface area contributed by atoms with Crippen LogP contribution in [0.2, 0.25) is 0 Å². The number of ether oxygens (including phenoxy) is 1. The van der Waals surface area contributed by atoms with Gasteiger partial charge in [-0.2, -0.15) is 17.5 Å². The van der Waals surface area contributed by atoms with Crippen LogP contribution >= 0.6 is 11.3 Å². The molecule has 0 saturated heterocycles. The van der Waals surface area contributed by atoms with Crippen molar-refractivity contribution in [3.8, 4) is 0 Å². The molecule has 11 heteroatoms. The predicted molar refractivity (Wildman–Crippen MR) is 99.6 cm³/mol. The Bertz CT molecular complexity index is 757. The number of aliphatic hydroxyl groups is 1. The number of halogens is 3. The van der Waals surface area contributed by atoms with E-state index in [-0.39, 0.29) is 55.2 Å². The number of alkyl halides is 3. The fraction of sp³-hybridized carbons (Fsp3) is 0.706. The molecule has 0 saturated carbocycles. The molecule has 1 atom stereocenters. The van der Waals surface area contributed by atoms with Gasteiger partial charge in [0.25, 0.3) is 10.0 Å². The molecule has 0 amide bonds. The summed E-state index contributed by atoms with van der Waals surface area (Å²) in [5, 5.41) is 9.34. The van der Waals surface area contributed by atoms with Crippen molar-refractivity contribution < 1.29 is 36.2 Å². The van der Waals surface area contributed by atoms with Gasteiger partial charge in [-0.25, -0.2) is 8.42 Å². The lowest BCUT2D eigenvalue weighted by Crippen LogP contribution is -2.32. The van der Waals surface area contributed by atoms with Gasteiger partial charge in [0.05, 0.1) is 12.7 Å². The molecule has 0 aliphatic carbocycles. The minimum absolute atomic E-state index is 0.0517. The Balaban J connectivity index is 2.96. The molecule has 0 aliphatic heterocycles. The molecule has 0 bridgehead atoms. The van der Waals surface area contributed by atoms with Gasteiger partial charge in [-0.3, -0.25) is 4.79 Å². The Morgan fingerprint density at radius 2 is 1.93 bits per heavy atom. The number of hydrogen-bond donors (Lipinski definition) is 1. The molecule has 1 aromatic heterocycles. The third kappa shape index (κ3) is 7.34. The largest absolute Gasteiger partial charge is 0.465 e. The Morgan fingerprint density at radius 3 is 2.43 bits per heavy atom. The molecule has 28 heavy (non-hydrogen) atoms. The van der Waals surface area contributed by atoms with E-state index in [1.165, 1.54) is 14.0 Å². The second-order valence-electron chi connectivity index (χ2n) is 6.98. The first-order chi connectivity index (χ1) is 12.7. The number of nitrogens with zero attached hydrogens (tertiary/aromatic N) is 1. The summed E-state index contributed by atoms with van der Waals surface area (Å²) in [6, 6.07) is 1.00. The average molecular weight is 446 g/mol. The zero-order valence-corrected chi connectivity index (χ0v) is 17.9. The van der Waals surface area contributed by atoms with E-state index >= 15 is 0 Å². The third-order valence-corrected chi connectivity index (χ3v) is 7.13. The molecule has 0 aromatic carbocycles. The fourth-order valence-corrected chi connectivity index (χ4v) is 5.21. The summed E-state index contributed by atoms with van der Waals surface area (Å²) >= 11 is 0.149. The first-order valence-electron chi connectivity index (χ1n) is 8.75. The molecule has 0 fully saturated rings. The van der Waals surface area contributed by atoms with Crippen LogP contribution in [0.1, 0.15) is 44.1 Å². The van der Waals surface area contributed by atoms with Crippen molar-refractivity contribution in [2.45, 2.75) is 56.5 Å². The number of thiophene rings is 1. The second-order valence-corrected chi connectivity index (χ2v) is 10.3. The van der Waals surface area contributed by atoms with Gasteiger partial charge in [0.2, 0.25) is 0 Å². The van der Waals surface area contributed by atoms with E-state index < -0.39 is 37.4 Å². The number of esters is 1. The maximum Gasteiger partial charge on any atom is 0.425 e. The van der Waals surface area contributed by atoms with E-state index in [4.69, 9.17) is 4.74 Å². The van der Waals surface area contributed by atoms with Crippen molar-refractivity contribution in [1.29, 1.82) is 0 Å². The lowest BCUT2D eigenvalue weighted by atomic mass is 10.1. The lowest BCUT2D eigenvalue weighted by Gasteiger charge is -2.17. The van der Waals surface area contributed by atoms with E-state index in [1.807, 2.05) is 13.8 Å². The number of aryl methyl sites for hydroxylation is 1. The number of rotatable bonds is 10. The topological polar surface area (TPSA) is 83.9 Å². The van der Waals surface area contributed by atoms with E-state index in [1.54, 1.807) is 0 Å². The Labute approximate surface area is 167 Å². The number of carbonyl (C=O) groups is 1. The molecule has 1 rings (SSSR count). The maximum absolute atomic E-state index is 13.3. The molecule has 0 aliphatic rings. The summed E-state index contributed by atoms with van der Waals surface area (Å²) in [4.78, 5) is 10.6. The van der Waals surface area contributed by atoms with Crippen LogP contribution < -0.4 is 0 Å². The van der Waals surface area contributed by atoms with Crippen LogP contribution in [0.15, 0.2) is 10.3 Å². The van der Waals surface area contributed by atoms with Gasteiger partial charge >= 0.3 is 12.1 Å². The van der Waals surface area contributed by atoms with Gasteiger partial charge in [-0.1, -0.05) is 13.8 Å².